The van der Waals surface area contributed by atoms with Gasteiger partial charge in [0, 0.05) is 84.6 Å². The van der Waals surface area contributed by atoms with Crippen LogP contribution in [0.3, 0.4) is 0 Å². The van der Waals surface area contributed by atoms with Gasteiger partial charge in [0.1, 0.15) is 0 Å². The van der Waals surface area contributed by atoms with Crippen LogP contribution in [0.15, 0.2) is 58.3 Å². The predicted molar refractivity (Wildman–Crippen MR) is 224 cm³/mol. The molecule has 0 N–H and O–H groups in total. The van der Waals surface area contributed by atoms with Gasteiger partial charge in [0.25, 0.3) is 0 Å². The fraction of sp³-hybridized carbons (Fsp3) is 0.476. The molecule has 0 amide bonds. The number of anilines is 6. The van der Waals surface area contributed by atoms with Crippen LogP contribution in [0.1, 0.15) is 44.4 Å². The lowest BCUT2D eigenvalue weighted by Gasteiger charge is -2.44. The van der Waals surface area contributed by atoms with Crippen molar-refractivity contribution < 1.29 is 0 Å². The molecule has 0 saturated heterocycles. The van der Waals surface area contributed by atoms with E-state index in [0.717, 1.165) is 0 Å². The second-order valence-corrected chi connectivity index (χ2v) is 19.2. The number of rotatable bonds is 10. The van der Waals surface area contributed by atoms with E-state index in [2.05, 4.69) is 199 Å². The molecule has 49 heavy (non-hydrogen) atoms. The van der Waals surface area contributed by atoms with E-state index in [9.17, 15) is 0 Å². The quantitative estimate of drug-likeness (QED) is 0.183. The van der Waals surface area contributed by atoms with Crippen LogP contribution >= 0.6 is 0 Å². The van der Waals surface area contributed by atoms with E-state index >= 15 is 0 Å². The summed E-state index contributed by atoms with van der Waals surface area (Å²) in [6.07, 6.45) is 0. The smallest absolute Gasteiger partial charge is 0.177 e. The highest BCUT2D eigenvalue weighted by atomic mass is 28.3. The van der Waals surface area contributed by atoms with Crippen molar-refractivity contribution in [3.63, 3.8) is 0 Å². The van der Waals surface area contributed by atoms with Gasteiger partial charge in [0.2, 0.25) is 0 Å². The van der Waals surface area contributed by atoms with E-state index in [1.165, 1.54) is 83.1 Å². The molecule has 3 aromatic rings. The first-order valence-corrected chi connectivity index (χ1v) is 19.6. The van der Waals surface area contributed by atoms with Gasteiger partial charge < -0.3 is 29.4 Å². The Balaban J connectivity index is 2.47. The van der Waals surface area contributed by atoms with Crippen molar-refractivity contribution in [2.45, 2.75) is 48.5 Å². The molecule has 3 aromatic carbocycles. The molecule has 1 aliphatic rings. The Bertz CT molecular complexity index is 1640. The minimum Gasteiger partial charge on any atom is -0.376 e. The zero-order valence-electron chi connectivity index (χ0n) is 34.2. The standard InChI is InChI=1S/C42H64N6Si/c1-26-27(2)29(4)42(28(26)3)49(36-23-20-33(43(8)9)39(30(36)5)46(14)15,37-24-21-34(44(10)11)40(31(37)6)47(16)17)38-25-22-35(45(12)13)41(32(38)7)48(18)19/h20-25,28H,1-19H3. The zero-order chi connectivity index (χ0) is 37.0. The number of benzene rings is 3. The highest BCUT2D eigenvalue weighted by Crippen LogP contribution is 2.45. The third-order valence-electron chi connectivity index (χ3n) is 11.3. The minimum atomic E-state index is -3.04. The summed E-state index contributed by atoms with van der Waals surface area (Å²) in [7, 11) is 23.1. The Morgan fingerprint density at radius 2 is 0.694 bits per heavy atom. The SMILES string of the molecule is CC1=C(C)C(C)C([Si](c2ccc(N(C)C)c(N(C)C)c2C)(c2ccc(N(C)C)c(N(C)C)c2C)c2ccc(N(C)C)c(N(C)C)c2C)=C1C. The molecular weight excluding hydrogens is 617 g/mol. The molecule has 6 nitrogen and oxygen atoms in total. The van der Waals surface area contributed by atoms with Crippen LogP contribution in [0.2, 0.25) is 0 Å². The first kappa shape index (κ1) is 38.0. The Morgan fingerprint density at radius 3 is 0.898 bits per heavy atom. The molecule has 0 aliphatic heterocycles. The molecule has 0 aromatic heterocycles. The van der Waals surface area contributed by atoms with Crippen LogP contribution in [-0.4, -0.2) is 92.6 Å². The Hall–Kier alpha value is -3.84. The number of allylic oxidation sites excluding steroid dienone is 4. The van der Waals surface area contributed by atoms with Crippen LogP contribution in [-0.2, 0) is 0 Å². The summed E-state index contributed by atoms with van der Waals surface area (Å²) in [5.74, 6) is 0.314. The van der Waals surface area contributed by atoms with Crippen molar-refractivity contribution in [2.24, 2.45) is 5.92 Å². The van der Waals surface area contributed by atoms with Gasteiger partial charge in [0.15, 0.2) is 8.07 Å². The first-order valence-electron chi connectivity index (χ1n) is 17.6. The van der Waals surface area contributed by atoms with Crippen LogP contribution < -0.4 is 45.0 Å². The lowest BCUT2D eigenvalue weighted by atomic mass is 10.1. The molecule has 0 spiro atoms. The molecular formula is C42H64N6Si. The highest BCUT2D eigenvalue weighted by Gasteiger charge is 2.51. The molecule has 0 saturated carbocycles. The van der Waals surface area contributed by atoms with E-state index in [4.69, 9.17) is 0 Å². The van der Waals surface area contributed by atoms with Gasteiger partial charge in [-0.2, -0.15) is 0 Å². The topological polar surface area (TPSA) is 19.4 Å². The number of hydrogen-bond acceptors (Lipinski definition) is 6. The van der Waals surface area contributed by atoms with Crippen LogP contribution in [0.4, 0.5) is 34.1 Å². The summed E-state index contributed by atoms with van der Waals surface area (Å²) in [5.41, 5.74) is 16.1. The van der Waals surface area contributed by atoms with Gasteiger partial charge in [-0.15, -0.1) is 0 Å². The Kier molecular flexibility index (Phi) is 10.7. The summed E-state index contributed by atoms with van der Waals surface area (Å²) in [6, 6.07) is 14.7. The molecule has 0 fully saturated rings. The fourth-order valence-corrected chi connectivity index (χ4v) is 15.3. The monoisotopic (exact) mass is 680 g/mol. The summed E-state index contributed by atoms with van der Waals surface area (Å²) in [4.78, 5) is 13.7. The van der Waals surface area contributed by atoms with Crippen molar-refractivity contribution in [1.29, 1.82) is 0 Å². The molecule has 266 valence electrons. The van der Waals surface area contributed by atoms with E-state index < -0.39 is 8.07 Å². The second kappa shape index (κ2) is 13.8. The predicted octanol–water partition coefficient (Wildman–Crippen LogP) is 6.32. The number of nitrogens with zero attached hydrogens (tertiary/aromatic N) is 6. The third-order valence-corrected chi connectivity index (χ3v) is 16.9. The van der Waals surface area contributed by atoms with Gasteiger partial charge in [-0.25, -0.2) is 0 Å². The minimum absolute atomic E-state index is 0.314. The van der Waals surface area contributed by atoms with Crippen molar-refractivity contribution in [3.05, 3.63) is 75.0 Å². The van der Waals surface area contributed by atoms with Gasteiger partial charge in [-0.1, -0.05) is 41.5 Å². The van der Waals surface area contributed by atoms with E-state index in [1.54, 1.807) is 5.20 Å². The summed E-state index contributed by atoms with van der Waals surface area (Å²) in [6.45, 7) is 16.7. The summed E-state index contributed by atoms with van der Waals surface area (Å²) < 4.78 is 0. The van der Waals surface area contributed by atoms with Gasteiger partial charge in [0.05, 0.1) is 34.1 Å². The first-order chi connectivity index (χ1) is 22.7. The van der Waals surface area contributed by atoms with E-state index in [0.29, 0.717) is 5.92 Å². The maximum Gasteiger partial charge on any atom is 0.177 e. The molecule has 0 heterocycles. The van der Waals surface area contributed by atoms with E-state index in [-0.39, 0.29) is 0 Å². The summed E-state index contributed by atoms with van der Waals surface area (Å²) >= 11 is 0. The van der Waals surface area contributed by atoms with Crippen molar-refractivity contribution in [1.82, 2.24) is 0 Å². The Morgan fingerprint density at radius 1 is 0.408 bits per heavy atom. The molecule has 1 aliphatic carbocycles. The number of hydrogen-bond donors (Lipinski definition) is 0. The van der Waals surface area contributed by atoms with Crippen LogP contribution in [0.25, 0.3) is 0 Å². The molecule has 1 atom stereocenters. The van der Waals surface area contributed by atoms with Gasteiger partial charge >= 0.3 is 0 Å². The maximum atomic E-state index is 2.50. The van der Waals surface area contributed by atoms with Crippen LogP contribution in [0.5, 0.6) is 0 Å². The fourth-order valence-electron chi connectivity index (χ4n) is 8.89. The average Bonchev–Trinajstić information content (AvgIpc) is 3.19. The third kappa shape index (κ3) is 5.92. The molecule has 4 rings (SSSR count). The van der Waals surface area contributed by atoms with Crippen molar-refractivity contribution in [3.8, 4) is 0 Å². The lowest BCUT2D eigenvalue weighted by Crippen LogP contribution is -2.71. The summed E-state index contributed by atoms with van der Waals surface area (Å²) in [5, 5.41) is 6.03. The molecule has 1 unspecified atom stereocenters. The normalized spacial score (nSPS) is 14.9. The maximum absolute atomic E-state index is 3.04. The van der Waals surface area contributed by atoms with Gasteiger partial charge in [-0.05, 0) is 103 Å². The largest absolute Gasteiger partial charge is 0.376 e. The van der Waals surface area contributed by atoms with Crippen molar-refractivity contribution in [2.75, 3.05) is 114 Å². The highest BCUT2D eigenvalue weighted by molar-refractivity contribution is 7.17. The average molecular weight is 681 g/mol. The molecule has 0 radical (unpaired) electrons. The van der Waals surface area contributed by atoms with Crippen LogP contribution in [0, 0.1) is 26.7 Å². The molecule has 7 heteroatoms. The van der Waals surface area contributed by atoms with E-state index in [1.807, 2.05) is 0 Å². The lowest BCUT2D eigenvalue weighted by molar-refractivity contribution is 0.851. The second-order valence-electron chi connectivity index (χ2n) is 15.5. The Labute approximate surface area is 300 Å². The van der Waals surface area contributed by atoms with Crippen molar-refractivity contribution >= 4 is 57.8 Å². The van der Waals surface area contributed by atoms with Gasteiger partial charge in [-0.3, -0.25) is 0 Å². The molecule has 0 bridgehead atoms. The zero-order valence-corrected chi connectivity index (χ0v) is 35.2.